The number of nitrogen functional groups attached to an aromatic ring is 1. The average molecular weight is 245 g/mol. The summed E-state index contributed by atoms with van der Waals surface area (Å²) in [5.74, 6) is 6.42. The molecule has 0 aliphatic heterocycles. The Kier molecular flexibility index (Phi) is 3.99. The van der Waals surface area contributed by atoms with Gasteiger partial charge in [-0.2, -0.15) is 0 Å². The van der Waals surface area contributed by atoms with Crippen LogP contribution in [0.25, 0.3) is 10.9 Å². The van der Waals surface area contributed by atoms with E-state index in [0.29, 0.717) is 0 Å². The monoisotopic (exact) mass is 245 g/mol. The van der Waals surface area contributed by atoms with Crippen molar-refractivity contribution in [2.75, 3.05) is 12.0 Å². The highest BCUT2D eigenvalue weighted by Crippen LogP contribution is 2.27. The van der Waals surface area contributed by atoms with Gasteiger partial charge in [0, 0.05) is 11.1 Å². The minimum atomic E-state index is 0.720. The summed E-state index contributed by atoms with van der Waals surface area (Å²) in [6, 6.07) is 7.88. The molecule has 0 fully saturated rings. The molecule has 4 heteroatoms. The molecule has 0 bridgehead atoms. The molecule has 0 unspecified atom stereocenters. The zero-order valence-electron chi connectivity index (χ0n) is 10.9. The largest absolute Gasteiger partial charge is 0.494 e. The number of pyridine rings is 1. The Labute approximate surface area is 107 Å². The van der Waals surface area contributed by atoms with Crippen LogP contribution in [0.15, 0.2) is 24.3 Å². The van der Waals surface area contributed by atoms with Gasteiger partial charge < -0.3 is 10.2 Å². The molecule has 96 valence electrons. The molecule has 0 aliphatic rings. The van der Waals surface area contributed by atoms with Crippen molar-refractivity contribution < 1.29 is 4.74 Å². The zero-order valence-corrected chi connectivity index (χ0v) is 10.9. The molecule has 2 rings (SSSR count). The third kappa shape index (κ3) is 2.54. The van der Waals surface area contributed by atoms with Gasteiger partial charge in [-0.15, -0.1) is 0 Å². The Morgan fingerprint density at radius 3 is 2.78 bits per heavy atom. The van der Waals surface area contributed by atoms with E-state index >= 15 is 0 Å². The molecular weight excluding hydrogens is 226 g/mol. The van der Waals surface area contributed by atoms with E-state index in [1.165, 1.54) is 0 Å². The molecule has 4 nitrogen and oxygen atoms in total. The standard InChI is InChI=1S/C14H19N3O/c1-3-7-18-11-5-6-13-12(9-11)14(17-15)8-10(4-2)16-13/h5-6,8-9H,3-4,7,15H2,1-2H3,(H,16,17). The van der Waals surface area contributed by atoms with Crippen LogP contribution in [0.3, 0.4) is 0 Å². The van der Waals surface area contributed by atoms with Crippen molar-refractivity contribution >= 4 is 16.6 Å². The van der Waals surface area contributed by atoms with Gasteiger partial charge >= 0.3 is 0 Å². The maximum atomic E-state index is 5.62. The van der Waals surface area contributed by atoms with E-state index in [9.17, 15) is 0 Å². The fourth-order valence-electron chi connectivity index (χ4n) is 1.87. The van der Waals surface area contributed by atoms with Crippen molar-refractivity contribution in [2.24, 2.45) is 5.84 Å². The summed E-state index contributed by atoms with van der Waals surface area (Å²) in [6.45, 7) is 4.88. The molecule has 0 amide bonds. The lowest BCUT2D eigenvalue weighted by Gasteiger charge is -2.10. The maximum Gasteiger partial charge on any atom is 0.120 e. The molecule has 1 aromatic heterocycles. The normalized spacial score (nSPS) is 10.6. The number of ether oxygens (including phenoxy) is 1. The number of nitrogens with zero attached hydrogens (tertiary/aromatic N) is 1. The summed E-state index contributed by atoms with van der Waals surface area (Å²) >= 11 is 0. The van der Waals surface area contributed by atoms with Gasteiger partial charge in [0.05, 0.1) is 17.8 Å². The summed E-state index contributed by atoms with van der Waals surface area (Å²) in [7, 11) is 0. The predicted molar refractivity (Wildman–Crippen MR) is 74.7 cm³/mol. The SMILES string of the molecule is CCCOc1ccc2nc(CC)cc(NN)c2c1. The van der Waals surface area contributed by atoms with Crippen LogP contribution in [0.5, 0.6) is 5.75 Å². The summed E-state index contributed by atoms with van der Waals surface area (Å²) in [5, 5.41) is 0.989. The number of hydrogen-bond donors (Lipinski definition) is 2. The molecular formula is C14H19N3O. The molecule has 1 heterocycles. The predicted octanol–water partition coefficient (Wildman–Crippen LogP) is 2.87. The second kappa shape index (κ2) is 5.69. The van der Waals surface area contributed by atoms with E-state index in [4.69, 9.17) is 10.6 Å². The number of nitrogens with two attached hydrogens (primary N) is 1. The van der Waals surface area contributed by atoms with E-state index in [-0.39, 0.29) is 0 Å². The number of aromatic nitrogens is 1. The second-order valence-corrected chi connectivity index (χ2v) is 4.19. The van der Waals surface area contributed by atoms with Crippen molar-refractivity contribution in [3.05, 3.63) is 30.0 Å². The fraction of sp³-hybridized carbons (Fsp3) is 0.357. The number of rotatable bonds is 5. The summed E-state index contributed by atoms with van der Waals surface area (Å²) in [4.78, 5) is 4.57. The quantitative estimate of drug-likeness (QED) is 0.628. The van der Waals surface area contributed by atoms with E-state index in [1.54, 1.807) is 0 Å². The van der Waals surface area contributed by atoms with Crippen LogP contribution < -0.4 is 16.0 Å². The Morgan fingerprint density at radius 2 is 2.11 bits per heavy atom. The van der Waals surface area contributed by atoms with Crippen LogP contribution in [0.2, 0.25) is 0 Å². The summed E-state index contributed by atoms with van der Waals surface area (Å²) in [6.07, 6.45) is 1.88. The number of fused-ring (bicyclic) bond motifs is 1. The first-order chi connectivity index (χ1) is 8.78. The topological polar surface area (TPSA) is 60.2 Å². The Morgan fingerprint density at radius 1 is 1.28 bits per heavy atom. The van der Waals surface area contributed by atoms with Crippen LogP contribution in [-0.4, -0.2) is 11.6 Å². The lowest BCUT2D eigenvalue weighted by molar-refractivity contribution is 0.318. The first-order valence-electron chi connectivity index (χ1n) is 6.31. The number of anilines is 1. The van der Waals surface area contributed by atoms with Crippen molar-refractivity contribution in [3.8, 4) is 5.75 Å². The van der Waals surface area contributed by atoms with E-state index in [0.717, 1.165) is 47.5 Å². The van der Waals surface area contributed by atoms with Crippen molar-refractivity contribution in [2.45, 2.75) is 26.7 Å². The van der Waals surface area contributed by atoms with Gasteiger partial charge in [0.2, 0.25) is 0 Å². The van der Waals surface area contributed by atoms with Crippen molar-refractivity contribution in [3.63, 3.8) is 0 Å². The van der Waals surface area contributed by atoms with E-state index in [2.05, 4.69) is 24.3 Å². The average Bonchev–Trinajstić information content (AvgIpc) is 2.43. The molecule has 18 heavy (non-hydrogen) atoms. The smallest absolute Gasteiger partial charge is 0.120 e. The molecule has 0 saturated carbocycles. The molecule has 0 spiro atoms. The van der Waals surface area contributed by atoms with Gasteiger partial charge in [0.1, 0.15) is 5.75 Å². The molecule has 0 saturated heterocycles. The minimum Gasteiger partial charge on any atom is -0.494 e. The number of aryl methyl sites for hydroxylation is 1. The van der Waals surface area contributed by atoms with Gasteiger partial charge in [-0.05, 0) is 37.1 Å². The molecule has 0 aliphatic carbocycles. The number of benzene rings is 1. The van der Waals surface area contributed by atoms with Crippen LogP contribution >= 0.6 is 0 Å². The highest BCUT2D eigenvalue weighted by atomic mass is 16.5. The second-order valence-electron chi connectivity index (χ2n) is 4.19. The first-order valence-corrected chi connectivity index (χ1v) is 6.31. The van der Waals surface area contributed by atoms with E-state index < -0.39 is 0 Å². The minimum absolute atomic E-state index is 0.720. The van der Waals surface area contributed by atoms with Crippen LogP contribution in [0, 0.1) is 0 Å². The van der Waals surface area contributed by atoms with Crippen molar-refractivity contribution in [1.29, 1.82) is 0 Å². The summed E-state index contributed by atoms with van der Waals surface area (Å²) in [5.41, 5.74) is 5.58. The van der Waals surface area contributed by atoms with Crippen LogP contribution in [0.4, 0.5) is 5.69 Å². The highest BCUT2D eigenvalue weighted by Gasteiger charge is 2.05. The number of hydrogen-bond acceptors (Lipinski definition) is 4. The molecule has 3 N–H and O–H groups in total. The molecule has 2 aromatic rings. The van der Waals surface area contributed by atoms with Gasteiger partial charge in [0.25, 0.3) is 0 Å². The Hall–Kier alpha value is -1.81. The highest BCUT2D eigenvalue weighted by molar-refractivity contribution is 5.92. The number of nitrogens with one attached hydrogen (secondary N) is 1. The molecule has 1 aromatic carbocycles. The van der Waals surface area contributed by atoms with Gasteiger partial charge in [-0.1, -0.05) is 13.8 Å². The third-order valence-corrected chi connectivity index (χ3v) is 2.82. The Balaban J connectivity index is 2.47. The lowest BCUT2D eigenvalue weighted by atomic mass is 10.1. The molecule has 0 atom stereocenters. The number of hydrazine groups is 1. The van der Waals surface area contributed by atoms with Gasteiger partial charge in [0.15, 0.2) is 0 Å². The van der Waals surface area contributed by atoms with E-state index in [1.807, 2.05) is 24.3 Å². The van der Waals surface area contributed by atoms with Gasteiger partial charge in [-0.3, -0.25) is 10.8 Å². The zero-order chi connectivity index (χ0) is 13.0. The summed E-state index contributed by atoms with van der Waals surface area (Å²) < 4.78 is 5.62. The third-order valence-electron chi connectivity index (χ3n) is 2.82. The molecule has 0 radical (unpaired) electrons. The van der Waals surface area contributed by atoms with Crippen LogP contribution in [0.1, 0.15) is 26.0 Å². The maximum absolute atomic E-state index is 5.62. The Bertz CT molecular complexity index is 540. The fourth-order valence-corrected chi connectivity index (χ4v) is 1.87. The van der Waals surface area contributed by atoms with Gasteiger partial charge in [-0.25, -0.2) is 0 Å². The lowest BCUT2D eigenvalue weighted by Crippen LogP contribution is -2.08. The van der Waals surface area contributed by atoms with Crippen LogP contribution in [-0.2, 0) is 6.42 Å². The van der Waals surface area contributed by atoms with Crippen molar-refractivity contribution in [1.82, 2.24) is 4.98 Å². The first kappa shape index (κ1) is 12.6.